The smallest absolute Gasteiger partial charge is 0.244 e. The second-order valence-corrected chi connectivity index (χ2v) is 7.71. The molecular formula is C24H33N3O. The number of aromatic nitrogens is 1. The molecule has 1 fully saturated rings. The molecule has 0 aliphatic heterocycles. The van der Waals surface area contributed by atoms with Crippen molar-refractivity contribution in [2.24, 2.45) is 0 Å². The van der Waals surface area contributed by atoms with Gasteiger partial charge in [0.05, 0.1) is 0 Å². The highest BCUT2D eigenvalue weighted by molar-refractivity contribution is 5.91. The van der Waals surface area contributed by atoms with Crippen LogP contribution in [0.15, 0.2) is 36.4 Å². The Morgan fingerprint density at radius 2 is 1.86 bits per heavy atom. The van der Waals surface area contributed by atoms with Gasteiger partial charge in [-0.15, -0.1) is 0 Å². The van der Waals surface area contributed by atoms with Crippen LogP contribution in [-0.4, -0.2) is 28.5 Å². The molecule has 1 aromatic carbocycles. The molecule has 4 heteroatoms. The molecule has 4 nitrogen and oxygen atoms in total. The zero-order chi connectivity index (χ0) is 20.1. The first-order valence-corrected chi connectivity index (χ1v) is 10.5. The van der Waals surface area contributed by atoms with E-state index in [0.29, 0.717) is 12.6 Å². The van der Waals surface area contributed by atoms with Gasteiger partial charge in [-0.05, 0) is 68.6 Å². The van der Waals surface area contributed by atoms with Gasteiger partial charge >= 0.3 is 0 Å². The van der Waals surface area contributed by atoms with Gasteiger partial charge in [0.1, 0.15) is 0 Å². The van der Waals surface area contributed by atoms with E-state index in [1.165, 1.54) is 35.4 Å². The van der Waals surface area contributed by atoms with Gasteiger partial charge in [0, 0.05) is 36.6 Å². The van der Waals surface area contributed by atoms with E-state index >= 15 is 0 Å². The largest absolute Gasteiger partial charge is 0.348 e. The molecule has 0 unspecified atom stereocenters. The van der Waals surface area contributed by atoms with Crippen molar-refractivity contribution in [1.29, 1.82) is 0 Å². The number of carbonyl (C=O) groups is 1. The van der Waals surface area contributed by atoms with Crippen molar-refractivity contribution < 1.29 is 4.79 Å². The molecule has 1 amide bonds. The van der Waals surface area contributed by atoms with Crippen LogP contribution in [0.25, 0.3) is 6.08 Å². The molecule has 28 heavy (non-hydrogen) atoms. The lowest BCUT2D eigenvalue weighted by Crippen LogP contribution is -2.25. The zero-order valence-electron chi connectivity index (χ0n) is 17.7. The van der Waals surface area contributed by atoms with Gasteiger partial charge in [-0.25, -0.2) is 0 Å². The monoisotopic (exact) mass is 379 g/mol. The number of amides is 1. The summed E-state index contributed by atoms with van der Waals surface area (Å²) >= 11 is 0. The van der Waals surface area contributed by atoms with E-state index in [2.05, 4.69) is 66.7 Å². The Hall–Kier alpha value is -2.33. The fraction of sp³-hybridized carbons (Fsp3) is 0.458. The predicted molar refractivity (Wildman–Crippen MR) is 116 cm³/mol. The lowest BCUT2D eigenvalue weighted by molar-refractivity contribution is -0.116. The van der Waals surface area contributed by atoms with Crippen molar-refractivity contribution in [1.82, 2.24) is 14.8 Å². The lowest BCUT2D eigenvalue weighted by atomic mass is 10.1. The maximum Gasteiger partial charge on any atom is 0.244 e. The van der Waals surface area contributed by atoms with Gasteiger partial charge in [-0.2, -0.15) is 0 Å². The molecule has 0 atom stereocenters. The normalized spacial score (nSPS) is 14.2. The van der Waals surface area contributed by atoms with Crippen molar-refractivity contribution in [3.63, 3.8) is 0 Å². The first-order valence-electron chi connectivity index (χ1n) is 10.5. The summed E-state index contributed by atoms with van der Waals surface area (Å²) in [6.07, 6.45) is 6.14. The summed E-state index contributed by atoms with van der Waals surface area (Å²) in [6, 6.07) is 11.2. The summed E-state index contributed by atoms with van der Waals surface area (Å²) in [5.74, 6) is -0.0473. The summed E-state index contributed by atoms with van der Waals surface area (Å²) in [6.45, 7) is 12.2. The van der Waals surface area contributed by atoms with Crippen molar-refractivity contribution in [3.8, 4) is 0 Å². The fourth-order valence-electron chi connectivity index (χ4n) is 3.84. The van der Waals surface area contributed by atoms with Crippen LogP contribution >= 0.6 is 0 Å². The van der Waals surface area contributed by atoms with Crippen LogP contribution in [0.4, 0.5) is 0 Å². The molecule has 1 aromatic heterocycles. The molecule has 0 radical (unpaired) electrons. The topological polar surface area (TPSA) is 37.3 Å². The number of aryl methyl sites for hydroxylation is 1. The number of hydrogen-bond acceptors (Lipinski definition) is 2. The third-order valence-corrected chi connectivity index (χ3v) is 5.71. The first kappa shape index (κ1) is 20.4. The van der Waals surface area contributed by atoms with Gasteiger partial charge in [-0.1, -0.05) is 38.1 Å². The molecule has 1 saturated carbocycles. The molecule has 1 N–H and O–H groups in total. The summed E-state index contributed by atoms with van der Waals surface area (Å²) in [4.78, 5) is 14.8. The highest BCUT2D eigenvalue weighted by Crippen LogP contribution is 2.38. The SMILES string of the molecule is CCN(CC)Cc1ccccc1CNC(=O)/C=C/c1cc(C)n(C2CC2)c1C. The molecule has 1 heterocycles. The number of nitrogens with one attached hydrogen (secondary N) is 1. The Labute approximate surface area is 169 Å². The van der Waals surface area contributed by atoms with Crippen LogP contribution < -0.4 is 5.32 Å². The van der Waals surface area contributed by atoms with Gasteiger partial charge in [0.25, 0.3) is 0 Å². The predicted octanol–water partition coefficient (Wildman–Crippen LogP) is 4.61. The molecule has 0 saturated heterocycles. The Bertz CT molecular complexity index is 842. The van der Waals surface area contributed by atoms with E-state index in [1.807, 2.05) is 12.1 Å². The quantitative estimate of drug-likeness (QED) is 0.646. The van der Waals surface area contributed by atoms with Crippen LogP contribution in [0.5, 0.6) is 0 Å². The number of rotatable bonds is 9. The van der Waals surface area contributed by atoms with Crippen LogP contribution in [0.3, 0.4) is 0 Å². The number of nitrogens with zero attached hydrogens (tertiary/aromatic N) is 2. The average Bonchev–Trinajstić information content (AvgIpc) is 3.48. The number of benzene rings is 1. The summed E-state index contributed by atoms with van der Waals surface area (Å²) < 4.78 is 2.40. The highest BCUT2D eigenvalue weighted by Gasteiger charge is 2.26. The van der Waals surface area contributed by atoms with Crippen LogP contribution in [0.1, 0.15) is 60.8 Å². The number of carbonyl (C=O) groups excluding carboxylic acids is 1. The highest BCUT2D eigenvalue weighted by atomic mass is 16.1. The van der Waals surface area contributed by atoms with E-state index in [9.17, 15) is 4.79 Å². The minimum Gasteiger partial charge on any atom is -0.348 e. The second kappa shape index (κ2) is 9.24. The Morgan fingerprint density at radius 1 is 1.18 bits per heavy atom. The number of hydrogen-bond donors (Lipinski definition) is 1. The average molecular weight is 380 g/mol. The summed E-state index contributed by atoms with van der Waals surface area (Å²) in [5, 5.41) is 3.04. The van der Waals surface area contributed by atoms with Crippen LogP contribution in [0, 0.1) is 13.8 Å². The van der Waals surface area contributed by atoms with E-state index in [-0.39, 0.29) is 5.91 Å². The third-order valence-electron chi connectivity index (χ3n) is 5.71. The molecule has 2 aromatic rings. The molecule has 1 aliphatic carbocycles. The minimum atomic E-state index is -0.0473. The molecule has 0 bridgehead atoms. The van der Waals surface area contributed by atoms with Crippen molar-refractivity contribution in [2.45, 2.75) is 59.7 Å². The van der Waals surface area contributed by atoms with Crippen molar-refractivity contribution >= 4 is 12.0 Å². The van der Waals surface area contributed by atoms with Gasteiger partial charge < -0.3 is 9.88 Å². The van der Waals surface area contributed by atoms with E-state index in [4.69, 9.17) is 0 Å². The van der Waals surface area contributed by atoms with Gasteiger partial charge in [0.2, 0.25) is 5.91 Å². The van der Waals surface area contributed by atoms with Crippen molar-refractivity contribution in [3.05, 3.63) is 64.5 Å². The standard InChI is InChI=1S/C24H33N3O/c1-5-26(6-2)17-22-10-8-7-9-21(22)16-25-24(28)14-11-20-15-18(3)27(19(20)4)23-12-13-23/h7-11,14-15,23H,5-6,12-13,16-17H2,1-4H3,(H,25,28)/b14-11+. The fourth-order valence-corrected chi connectivity index (χ4v) is 3.84. The van der Waals surface area contributed by atoms with Crippen LogP contribution in [-0.2, 0) is 17.9 Å². The second-order valence-electron chi connectivity index (χ2n) is 7.71. The maximum absolute atomic E-state index is 12.4. The third kappa shape index (κ3) is 4.93. The minimum absolute atomic E-state index is 0.0473. The molecule has 3 rings (SSSR count). The summed E-state index contributed by atoms with van der Waals surface area (Å²) in [5.41, 5.74) is 6.15. The summed E-state index contributed by atoms with van der Waals surface area (Å²) in [7, 11) is 0. The maximum atomic E-state index is 12.4. The Kier molecular flexibility index (Phi) is 6.74. The Morgan fingerprint density at radius 3 is 2.50 bits per heavy atom. The lowest BCUT2D eigenvalue weighted by Gasteiger charge is -2.20. The van der Waals surface area contributed by atoms with Crippen molar-refractivity contribution in [2.75, 3.05) is 13.1 Å². The zero-order valence-corrected chi connectivity index (χ0v) is 17.7. The van der Waals surface area contributed by atoms with E-state index in [1.54, 1.807) is 6.08 Å². The Balaban J connectivity index is 1.61. The van der Waals surface area contributed by atoms with E-state index < -0.39 is 0 Å². The molecule has 1 aliphatic rings. The molecule has 0 spiro atoms. The van der Waals surface area contributed by atoms with Crippen LogP contribution in [0.2, 0.25) is 0 Å². The van der Waals surface area contributed by atoms with E-state index in [0.717, 1.165) is 25.2 Å². The molecular weight excluding hydrogens is 346 g/mol. The first-order chi connectivity index (χ1) is 13.5. The molecule has 150 valence electrons. The van der Waals surface area contributed by atoms with Gasteiger partial charge in [-0.3, -0.25) is 9.69 Å². The van der Waals surface area contributed by atoms with Gasteiger partial charge in [0.15, 0.2) is 0 Å².